The third-order valence-electron chi connectivity index (χ3n) is 3.67. The largest absolute Gasteiger partial charge is 0.362 e. The maximum Gasteiger partial charge on any atom is 0.176 e. The van der Waals surface area contributed by atoms with E-state index in [0.717, 1.165) is 37.5 Å². The van der Waals surface area contributed by atoms with Gasteiger partial charge >= 0.3 is 0 Å². The highest BCUT2D eigenvalue weighted by Crippen LogP contribution is 2.39. The lowest BCUT2D eigenvalue weighted by molar-refractivity contribution is 0.616. The van der Waals surface area contributed by atoms with Gasteiger partial charge in [-0.15, -0.1) is 23.1 Å². The van der Waals surface area contributed by atoms with Gasteiger partial charge in [0.25, 0.3) is 0 Å². The Bertz CT molecular complexity index is 867. The Balaban J connectivity index is 1.72. The molecular weight excluding hydrogens is 351 g/mol. The Hall–Kier alpha value is -1.38. The summed E-state index contributed by atoms with van der Waals surface area (Å²) in [4.78, 5) is 14.2. The Labute approximate surface area is 145 Å². The van der Waals surface area contributed by atoms with Crippen molar-refractivity contribution in [2.45, 2.75) is 21.7 Å². The van der Waals surface area contributed by atoms with E-state index in [2.05, 4.69) is 20.3 Å². The topological polar surface area (TPSA) is 50.7 Å². The lowest BCUT2D eigenvalue weighted by atomic mass is 10.0. The fourth-order valence-electron chi connectivity index (χ4n) is 2.61. The molecule has 0 amide bonds. The van der Waals surface area contributed by atoms with E-state index in [4.69, 9.17) is 0 Å². The van der Waals surface area contributed by atoms with Gasteiger partial charge in [0.2, 0.25) is 0 Å². The van der Waals surface area contributed by atoms with E-state index < -0.39 is 0 Å². The lowest BCUT2D eigenvalue weighted by Crippen LogP contribution is -2.17. The van der Waals surface area contributed by atoms with Crippen LogP contribution in [0.3, 0.4) is 0 Å². The molecular formula is C15H13FN4S3. The Morgan fingerprint density at radius 2 is 2.26 bits per heavy atom. The van der Waals surface area contributed by atoms with Gasteiger partial charge in [0.15, 0.2) is 9.99 Å². The van der Waals surface area contributed by atoms with Gasteiger partial charge < -0.3 is 5.32 Å². The van der Waals surface area contributed by atoms with Crippen molar-refractivity contribution in [2.24, 2.45) is 0 Å². The third-order valence-corrected chi connectivity index (χ3v) is 6.83. The monoisotopic (exact) mass is 364 g/mol. The number of thiazole rings is 1. The zero-order chi connectivity index (χ0) is 15.8. The lowest BCUT2D eigenvalue weighted by Gasteiger charge is -2.26. The molecule has 1 aromatic carbocycles. The highest BCUT2D eigenvalue weighted by Gasteiger charge is 2.23. The second-order valence-corrected chi connectivity index (χ2v) is 8.26. The molecule has 1 aliphatic rings. The maximum atomic E-state index is 13.6. The normalized spacial score (nSPS) is 17.2. The van der Waals surface area contributed by atoms with Crippen LogP contribution in [0.25, 0.3) is 10.3 Å². The summed E-state index contributed by atoms with van der Waals surface area (Å²) in [6.45, 7) is 0. The number of nitrogens with zero attached hydrogens (tertiary/aromatic N) is 3. The van der Waals surface area contributed by atoms with Crippen LogP contribution in [0.1, 0.15) is 18.0 Å². The van der Waals surface area contributed by atoms with Crippen molar-refractivity contribution in [3.63, 3.8) is 0 Å². The minimum Gasteiger partial charge on any atom is -0.362 e. The molecule has 1 aliphatic heterocycles. The molecule has 118 valence electrons. The first-order valence-corrected chi connectivity index (χ1v) is 10.1. The van der Waals surface area contributed by atoms with Gasteiger partial charge in [0.1, 0.15) is 22.7 Å². The van der Waals surface area contributed by atoms with E-state index in [9.17, 15) is 4.39 Å². The second-order valence-electron chi connectivity index (χ2n) is 5.08. The fourth-order valence-corrected chi connectivity index (χ4v) is 5.18. The number of benzene rings is 1. The van der Waals surface area contributed by atoms with E-state index in [-0.39, 0.29) is 11.9 Å². The van der Waals surface area contributed by atoms with Crippen LogP contribution >= 0.6 is 34.9 Å². The number of rotatable bonds is 3. The summed E-state index contributed by atoms with van der Waals surface area (Å²) in [6.07, 6.45) is 4.45. The van der Waals surface area contributed by atoms with Crippen LogP contribution in [0.2, 0.25) is 0 Å². The van der Waals surface area contributed by atoms with E-state index in [1.165, 1.54) is 12.4 Å². The number of nitrogens with one attached hydrogen (secondary N) is 1. The molecule has 1 N–H and O–H groups in total. The number of anilines is 1. The van der Waals surface area contributed by atoms with Crippen molar-refractivity contribution < 1.29 is 4.39 Å². The number of halogens is 1. The molecule has 1 atom stereocenters. The number of thioether (sulfide) groups is 2. The van der Waals surface area contributed by atoms with Crippen molar-refractivity contribution in [3.05, 3.63) is 35.9 Å². The van der Waals surface area contributed by atoms with Crippen molar-refractivity contribution >= 4 is 51.0 Å². The molecule has 0 aliphatic carbocycles. The zero-order valence-corrected chi connectivity index (χ0v) is 14.7. The molecule has 1 unspecified atom stereocenters. The summed E-state index contributed by atoms with van der Waals surface area (Å²) in [5.41, 5.74) is 1.71. The van der Waals surface area contributed by atoms with Crippen molar-refractivity contribution in [1.29, 1.82) is 0 Å². The molecule has 0 saturated heterocycles. The smallest absolute Gasteiger partial charge is 0.176 e. The number of hydrogen-bond acceptors (Lipinski definition) is 7. The molecule has 2 aromatic heterocycles. The minimum absolute atomic E-state index is 0.0554. The Morgan fingerprint density at radius 1 is 1.35 bits per heavy atom. The average molecular weight is 364 g/mol. The van der Waals surface area contributed by atoms with Crippen LogP contribution in [0.5, 0.6) is 0 Å². The zero-order valence-electron chi connectivity index (χ0n) is 12.2. The standard InChI is InChI=1S/C15H13FN4S3/c1-21-15-20-14-12(23-15)13(17-7-18-14)19-10-4-5-22-11-3-2-8(16)6-9(10)11/h2-3,6-7,10H,4-5H2,1H3,(H,17,18,19). The highest BCUT2D eigenvalue weighted by molar-refractivity contribution is 8.00. The minimum atomic E-state index is -0.201. The van der Waals surface area contributed by atoms with E-state index in [1.807, 2.05) is 12.3 Å². The maximum absolute atomic E-state index is 13.6. The fraction of sp³-hybridized carbons (Fsp3) is 0.267. The van der Waals surface area contributed by atoms with Gasteiger partial charge in [0, 0.05) is 10.6 Å². The molecule has 0 radical (unpaired) electrons. The number of hydrogen-bond donors (Lipinski definition) is 1. The van der Waals surface area contributed by atoms with Gasteiger partial charge in [-0.3, -0.25) is 0 Å². The number of fused-ring (bicyclic) bond motifs is 2. The summed E-state index contributed by atoms with van der Waals surface area (Å²) >= 11 is 4.95. The molecule has 8 heteroatoms. The van der Waals surface area contributed by atoms with Crippen LogP contribution in [0.4, 0.5) is 10.2 Å². The molecule has 0 fully saturated rings. The SMILES string of the molecule is CSc1nc2ncnc(NC3CCSc4ccc(F)cc43)c2s1. The van der Waals surface area contributed by atoms with Gasteiger partial charge in [-0.1, -0.05) is 11.8 Å². The van der Waals surface area contributed by atoms with Crippen LogP contribution in [-0.2, 0) is 0 Å². The average Bonchev–Trinajstić information content (AvgIpc) is 3.00. The quantitative estimate of drug-likeness (QED) is 0.686. The van der Waals surface area contributed by atoms with Gasteiger partial charge in [-0.2, -0.15) is 0 Å². The first kappa shape index (κ1) is 15.2. The predicted molar refractivity (Wildman–Crippen MR) is 95.1 cm³/mol. The second kappa shape index (κ2) is 6.26. The first-order valence-electron chi connectivity index (χ1n) is 7.09. The van der Waals surface area contributed by atoms with E-state index in [1.54, 1.807) is 40.9 Å². The molecule has 0 saturated carbocycles. The van der Waals surface area contributed by atoms with Crippen molar-refractivity contribution in [2.75, 3.05) is 17.3 Å². The van der Waals surface area contributed by atoms with Crippen LogP contribution in [0, 0.1) is 5.82 Å². The number of aromatic nitrogens is 3. The van der Waals surface area contributed by atoms with Gasteiger partial charge in [0.05, 0.1) is 6.04 Å². The molecule has 3 aromatic rings. The van der Waals surface area contributed by atoms with Crippen LogP contribution in [0.15, 0.2) is 33.8 Å². The molecule has 0 bridgehead atoms. The van der Waals surface area contributed by atoms with Crippen molar-refractivity contribution in [3.8, 4) is 0 Å². The summed E-state index contributed by atoms with van der Waals surface area (Å²) in [7, 11) is 0. The summed E-state index contributed by atoms with van der Waals surface area (Å²) in [5.74, 6) is 1.58. The summed E-state index contributed by atoms with van der Waals surface area (Å²) < 4.78 is 15.6. The first-order chi connectivity index (χ1) is 11.2. The van der Waals surface area contributed by atoms with Gasteiger partial charge in [-0.25, -0.2) is 19.3 Å². The third kappa shape index (κ3) is 2.90. The summed E-state index contributed by atoms with van der Waals surface area (Å²) in [6, 6.07) is 5.06. The molecule has 23 heavy (non-hydrogen) atoms. The molecule has 4 rings (SSSR count). The van der Waals surface area contributed by atoms with Crippen LogP contribution in [-0.4, -0.2) is 27.0 Å². The van der Waals surface area contributed by atoms with Crippen LogP contribution < -0.4 is 5.32 Å². The summed E-state index contributed by atoms with van der Waals surface area (Å²) in [5, 5.41) is 3.47. The van der Waals surface area contributed by atoms with E-state index >= 15 is 0 Å². The molecule has 0 spiro atoms. The Kier molecular flexibility index (Phi) is 4.13. The Morgan fingerprint density at radius 3 is 3.13 bits per heavy atom. The highest BCUT2D eigenvalue weighted by atomic mass is 32.2. The molecule has 3 heterocycles. The predicted octanol–water partition coefficient (Wildman–Crippen LogP) is 4.60. The van der Waals surface area contributed by atoms with Crippen molar-refractivity contribution in [1.82, 2.24) is 15.0 Å². The van der Waals surface area contributed by atoms with Gasteiger partial charge in [-0.05, 0) is 36.4 Å². The van der Waals surface area contributed by atoms with E-state index in [0.29, 0.717) is 5.65 Å². The molecule has 4 nitrogen and oxygen atoms in total.